The molecule has 2 aromatic heterocycles. The minimum atomic E-state index is -0.651. The Balaban J connectivity index is 1.61. The molecule has 5 rings (SSSR count). The standard InChI is InChI=1S/C24H25N7O/c1-15-27-20-9-8-16(17-13-26-29(3)14-17)10-21(20)31(15)19-7-5-6-18(11-19)24(2)12-22(32)30(4)23(25)28-24/h5-11,13-14H,12H2,1-4H3,(H2,25,28)/t24-/m0/s1. The third-order valence-electron chi connectivity index (χ3n) is 6.21. The largest absolute Gasteiger partial charge is 0.346 e. The van der Waals surface area contributed by atoms with Crippen molar-refractivity contribution >= 4 is 22.9 Å². The van der Waals surface area contributed by atoms with Crippen LogP contribution >= 0.6 is 0 Å². The molecule has 1 aliphatic rings. The number of hydrogen-bond acceptors (Lipinski definition) is 4. The first-order valence-corrected chi connectivity index (χ1v) is 10.5. The molecule has 8 nitrogen and oxygen atoms in total. The van der Waals surface area contributed by atoms with Crippen molar-refractivity contribution < 1.29 is 4.79 Å². The zero-order valence-corrected chi connectivity index (χ0v) is 18.5. The van der Waals surface area contributed by atoms with Crippen molar-refractivity contribution in [2.75, 3.05) is 7.05 Å². The first-order valence-electron chi connectivity index (χ1n) is 10.5. The van der Waals surface area contributed by atoms with E-state index in [2.05, 4.69) is 33.2 Å². The number of hydrogen-bond donors (Lipinski definition) is 2. The fraction of sp³-hybridized carbons (Fsp3) is 0.250. The highest BCUT2D eigenvalue weighted by Gasteiger charge is 2.38. The number of aryl methyl sites for hydroxylation is 2. The van der Waals surface area contributed by atoms with Gasteiger partial charge >= 0.3 is 0 Å². The number of fused-ring (bicyclic) bond motifs is 1. The molecule has 3 heterocycles. The van der Waals surface area contributed by atoms with Crippen LogP contribution in [0.3, 0.4) is 0 Å². The molecule has 2 aromatic carbocycles. The molecule has 1 atom stereocenters. The van der Waals surface area contributed by atoms with Gasteiger partial charge < -0.3 is 5.32 Å². The minimum Gasteiger partial charge on any atom is -0.346 e. The number of carbonyl (C=O) groups excluding carboxylic acids is 1. The van der Waals surface area contributed by atoms with E-state index in [4.69, 9.17) is 10.4 Å². The number of rotatable bonds is 3. The lowest BCUT2D eigenvalue weighted by Gasteiger charge is -2.39. The second-order valence-corrected chi connectivity index (χ2v) is 8.59. The van der Waals surface area contributed by atoms with Gasteiger partial charge in [-0.25, -0.2) is 4.98 Å². The summed E-state index contributed by atoms with van der Waals surface area (Å²) in [5, 5.41) is 15.6. The van der Waals surface area contributed by atoms with Crippen molar-refractivity contribution in [2.24, 2.45) is 7.05 Å². The molecule has 2 N–H and O–H groups in total. The number of imidazole rings is 1. The number of aromatic nitrogens is 4. The molecule has 0 aliphatic carbocycles. The maximum atomic E-state index is 12.4. The third kappa shape index (κ3) is 3.15. The van der Waals surface area contributed by atoms with Crippen molar-refractivity contribution in [1.82, 2.24) is 29.5 Å². The highest BCUT2D eigenvalue weighted by atomic mass is 16.2. The first kappa shape index (κ1) is 20.0. The van der Waals surface area contributed by atoms with Crippen molar-refractivity contribution in [3.8, 4) is 16.8 Å². The maximum Gasteiger partial charge on any atom is 0.231 e. The summed E-state index contributed by atoms with van der Waals surface area (Å²) in [6.07, 6.45) is 4.13. The summed E-state index contributed by atoms with van der Waals surface area (Å²) < 4.78 is 3.92. The Kier molecular flexibility index (Phi) is 4.40. The van der Waals surface area contributed by atoms with Crippen molar-refractivity contribution in [3.05, 3.63) is 66.2 Å². The molecule has 0 radical (unpaired) electrons. The van der Waals surface area contributed by atoms with Crippen LogP contribution in [0.4, 0.5) is 0 Å². The molecule has 162 valence electrons. The first-order chi connectivity index (χ1) is 15.2. The second kappa shape index (κ2) is 7.05. The Hall–Kier alpha value is -3.94. The summed E-state index contributed by atoms with van der Waals surface area (Å²) in [6, 6.07) is 14.3. The molecule has 1 amide bonds. The minimum absolute atomic E-state index is 0.0768. The summed E-state index contributed by atoms with van der Waals surface area (Å²) in [7, 11) is 3.53. The molecule has 8 heteroatoms. The van der Waals surface area contributed by atoms with E-state index in [9.17, 15) is 4.79 Å². The van der Waals surface area contributed by atoms with Crippen LogP contribution in [-0.2, 0) is 17.4 Å². The van der Waals surface area contributed by atoms with Gasteiger partial charge in [0.1, 0.15) is 5.82 Å². The van der Waals surface area contributed by atoms with Gasteiger partial charge in [-0.3, -0.25) is 24.4 Å². The number of carbonyl (C=O) groups is 1. The van der Waals surface area contributed by atoms with Gasteiger partial charge in [0.05, 0.1) is 29.2 Å². The van der Waals surface area contributed by atoms with E-state index in [1.165, 1.54) is 4.90 Å². The van der Waals surface area contributed by atoms with Crippen LogP contribution < -0.4 is 5.32 Å². The van der Waals surface area contributed by atoms with Crippen LogP contribution in [0.15, 0.2) is 54.9 Å². The zero-order chi connectivity index (χ0) is 22.6. The molecule has 32 heavy (non-hydrogen) atoms. The van der Waals surface area contributed by atoms with Crippen molar-refractivity contribution in [2.45, 2.75) is 25.8 Å². The van der Waals surface area contributed by atoms with Gasteiger partial charge in [-0.15, -0.1) is 0 Å². The third-order valence-corrected chi connectivity index (χ3v) is 6.21. The number of benzene rings is 2. The molecule has 4 aromatic rings. The molecule has 1 fully saturated rings. The quantitative estimate of drug-likeness (QED) is 0.525. The predicted octanol–water partition coefficient (Wildman–Crippen LogP) is 3.34. The highest BCUT2D eigenvalue weighted by Crippen LogP contribution is 2.32. The summed E-state index contributed by atoms with van der Waals surface area (Å²) in [4.78, 5) is 18.5. The van der Waals surface area contributed by atoms with E-state index in [-0.39, 0.29) is 18.3 Å². The van der Waals surface area contributed by atoms with Gasteiger partial charge in [0.25, 0.3) is 0 Å². The van der Waals surface area contributed by atoms with E-state index in [1.54, 1.807) is 11.7 Å². The summed E-state index contributed by atoms with van der Waals surface area (Å²) in [5.74, 6) is 0.914. The fourth-order valence-corrected chi connectivity index (χ4v) is 4.37. The summed E-state index contributed by atoms with van der Waals surface area (Å²) >= 11 is 0. The van der Waals surface area contributed by atoms with Gasteiger partial charge in [0.2, 0.25) is 5.91 Å². The zero-order valence-electron chi connectivity index (χ0n) is 18.5. The molecule has 0 spiro atoms. The number of nitrogens with one attached hydrogen (secondary N) is 2. The molecular formula is C24H25N7O. The van der Waals surface area contributed by atoms with E-state index in [0.29, 0.717) is 0 Å². The van der Waals surface area contributed by atoms with Crippen LogP contribution in [0.25, 0.3) is 27.8 Å². The lowest BCUT2D eigenvalue weighted by Crippen LogP contribution is -2.58. The van der Waals surface area contributed by atoms with Gasteiger partial charge in [-0.05, 0) is 49.2 Å². The highest BCUT2D eigenvalue weighted by molar-refractivity contribution is 5.99. The molecule has 0 saturated carbocycles. The predicted molar refractivity (Wildman–Crippen MR) is 124 cm³/mol. The van der Waals surface area contributed by atoms with Crippen LogP contribution in [0.1, 0.15) is 24.7 Å². The second-order valence-electron chi connectivity index (χ2n) is 8.59. The Labute approximate surface area is 186 Å². The SMILES string of the molecule is Cc1nc2ccc(-c3cnn(C)c3)cc2n1-c1cccc([C@]2(C)CC(=O)N(C)C(=N)N2)c1. The van der Waals surface area contributed by atoms with Crippen molar-refractivity contribution in [1.29, 1.82) is 5.41 Å². The molecule has 0 bridgehead atoms. The van der Waals surface area contributed by atoms with Crippen LogP contribution in [-0.4, -0.2) is 43.1 Å². The van der Waals surface area contributed by atoms with Gasteiger partial charge in [0.15, 0.2) is 5.96 Å². The lowest BCUT2D eigenvalue weighted by atomic mass is 9.86. The normalized spacial score (nSPS) is 18.9. The average molecular weight is 428 g/mol. The Morgan fingerprint density at radius 3 is 2.66 bits per heavy atom. The average Bonchev–Trinajstić information content (AvgIpc) is 3.33. The molecule has 1 saturated heterocycles. The van der Waals surface area contributed by atoms with Gasteiger partial charge in [0, 0.05) is 31.5 Å². The number of nitrogens with zero attached hydrogens (tertiary/aromatic N) is 5. The molecule has 0 unspecified atom stereocenters. The monoisotopic (exact) mass is 427 g/mol. The Morgan fingerprint density at radius 2 is 1.94 bits per heavy atom. The summed E-state index contributed by atoms with van der Waals surface area (Å²) in [6.45, 7) is 3.95. The Bertz CT molecular complexity index is 1360. The van der Waals surface area contributed by atoms with E-state index in [0.717, 1.165) is 39.2 Å². The number of amides is 1. The van der Waals surface area contributed by atoms with Crippen LogP contribution in [0, 0.1) is 12.3 Å². The fourth-order valence-electron chi connectivity index (χ4n) is 4.37. The van der Waals surface area contributed by atoms with E-state index in [1.807, 2.05) is 57.6 Å². The molecule has 1 aliphatic heterocycles. The smallest absolute Gasteiger partial charge is 0.231 e. The van der Waals surface area contributed by atoms with Crippen LogP contribution in [0.5, 0.6) is 0 Å². The van der Waals surface area contributed by atoms with Gasteiger partial charge in [-0.2, -0.15) is 5.10 Å². The van der Waals surface area contributed by atoms with E-state index < -0.39 is 5.54 Å². The lowest BCUT2D eigenvalue weighted by molar-refractivity contribution is -0.129. The Morgan fingerprint density at radius 1 is 1.12 bits per heavy atom. The number of guanidine groups is 1. The van der Waals surface area contributed by atoms with Gasteiger partial charge in [-0.1, -0.05) is 18.2 Å². The van der Waals surface area contributed by atoms with E-state index >= 15 is 0 Å². The van der Waals surface area contributed by atoms with Crippen LogP contribution in [0.2, 0.25) is 0 Å². The van der Waals surface area contributed by atoms with Crippen molar-refractivity contribution in [3.63, 3.8) is 0 Å². The maximum absolute atomic E-state index is 12.4. The molecular weight excluding hydrogens is 402 g/mol. The topological polar surface area (TPSA) is 91.8 Å². The summed E-state index contributed by atoms with van der Waals surface area (Å²) in [5.41, 5.74) is 5.31.